The van der Waals surface area contributed by atoms with Gasteiger partial charge in [-0.25, -0.2) is 9.79 Å². The fourth-order valence-corrected chi connectivity index (χ4v) is 2.86. The number of nitrogens with zero attached hydrogens (tertiary/aromatic N) is 1. The third-order valence-corrected chi connectivity index (χ3v) is 4.34. The van der Waals surface area contributed by atoms with Crippen LogP contribution in [0.3, 0.4) is 0 Å². The van der Waals surface area contributed by atoms with Crippen LogP contribution in [0.25, 0.3) is 6.08 Å². The minimum absolute atomic E-state index is 0.136. The summed E-state index contributed by atoms with van der Waals surface area (Å²) in [6.07, 6.45) is 1.75. The molecule has 0 atom stereocenters. The molecule has 7 heteroatoms. The van der Waals surface area contributed by atoms with E-state index in [4.69, 9.17) is 25.8 Å². The summed E-state index contributed by atoms with van der Waals surface area (Å²) >= 11 is 6.29. The number of ether oxygens (including phenoxy) is 3. The van der Waals surface area contributed by atoms with Gasteiger partial charge in [-0.3, -0.25) is 4.79 Å². The lowest BCUT2D eigenvalue weighted by Gasteiger charge is -2.13. The van der Waals surface area contributed by atoms with Gasteiger partial charge in [0.2, 0.25) is 5.90 Å². The Bertz CT molecular complexity index is 1010. The molecule has 2 aromatic carbocycles. The highest BCUT2D eigenvalue weighted by atomic mass is 35.5. The summed E-state index contributed by atoms with van der Waals surface area (Å²) in [6.45, 7) is 5.81. The highest BCUT2D eigenvalue weighted by Gasteiger charge is 2.24. The Hall–Kier alpha value is -3.12. The number of hydrogen-bond acceptors (Lipinski definition) is 6. The number of aryl methyl sites for hydroxylation is 1. The second-order valence-corrected chi connectivity index (χ2v) is 6.70. The van der Waals surface area contributed by atoms with Gasteiger partial charge in [-0.05, 0) is 49.8 Å². The Kier molecular flexibility index (Phi) is 6.34. The van der Waals surface area contributed by atoms with Crippen molar-refractivity contribution in [1.29, 1.82) is 0 Å². The van der Waals surface area contributed by atoms with Gasteiger partial charge in [0.15, 0.2) is 17.2 Å². The Morgan fingerprint density at radius 1 is 1.21 bits per heavy atom. The van der Waals surface area contributed by atoms with E-state index in [1.54, 1.807) is 32.1 Å². The summed E-state index contributed by atoms with van der Waals surface area (Å²) in [5.41, 5.74) is 2.51. The van der Waals surface area contributed by atoms with E-state index in [0.29, 0.717) is 23.5 Å². The first-order chi connectivity index (χ1) is 13.9. The summed E-state index contributed by atoms with van der Waals surface area (Å²) in [5.74, 6) is -0.282. The maximum atomic E-state index is 12.2. The smallest absolute Gasteiger partial charge is 0.363 e. The first-order valence-electron chi connectivity index (χ1n) is 9.17. The predicted molar refractivity (Wildman–Crippen MR) is 110 cm³/mol. The molecule has 0 bridgehead atoms. The average molecular weight is 414 g/mol. The number of hydrogen-bond donors (Lipinski definition) is 0. The van der Waals surface area contributed by atoms with Crippen LogP contribution < -0.4 is 9.47 Å². The highest BCUT2D eigenvalue weighted by Crippen LogP contribution is 2.38. The molecule has 0 fully saturated rings. The molecule has 0 spiro atoms. The molecule has 3 rings (SSSR count). The van der Waals surface area contributed by atoms with Crippen molar-refractivity contribution in [2.75, 3.05) is 6.61 Å². The molecule has 1 aliphatic heterocycles. The normalized spacial score (nSPS) is 14.6. The van der Waals surface area contributed by atoms with Gasteiger partial charge in [0.25, 0.3) is 0 Å². The molecule has 6 nitrogen and oxygen atoms in total. The monoisotopic (exact) mass is 413 g/mol. The first kappa shape index (κ1) is 20.6. The fraction of sp³-hybridized carbons (Fsp3) is 0.227. The van der Waals surface area contributed by atoms with E-state index in [-0.39, 0.29) is 28.8 Å². The molecule has 0 radical (unpaired) electrons. The second kappa shape index (κ2) is 8.92. The second-order valence-electron chi connectivity index (χ2n) is 6.29. The van der Waals surface area contributed by atoms with Crippen molar-refractivity contribution in [3.05, 3.63) is 63.8 Å². The zero-order chi connectivity index (χ0) is 21.0. The molecular weight excluding hydrogens is 394 g/mol. The van der Waals surface area contributed by atoms with Crippen molar-refractivity contribution >= 4 is 35.5 Å². The van der Waals surface area contributed by atoms with Crippen molar-refractivity contribution in [2.24, 2.45) is 4.99 Å². The van der Waals surface area contributed by atoms with Crippen molar-refractivity contribution < 1.29 is 23.8 Å². The van der Waals surface area contributed by atoms with Gasteiger partial charge in [-0.1, -0.05) is 36.2 Å². The van der Waals surface area contributed by atoms with Gasteiger partial charge in [0.1, 0.15) is 0 Å². The van der Waals surface area contributed by atoms with Gasteiger partial charge in [0.05, 0.1) is 11.6 Å². The number of halogens is 1. The van der Waals surface area contributed by atoms with E-state index in [9.17, 15) is 9.59 Å². The third-order valence-electron chi connectivity index (χ3n) is 4.06. The molecule has 29 heavy (non-hydrogen) atoms. The summed E-state index contributed by atoms with van der Waals surface area (Å²) < 4.78 is 16.1. The number of rotatable bonds is 6. The summed E-state index contributed by atoms with van der Waals surface area (Å²) in [7, 11) is 0. The molecular formula is C22H20ClNO5. The standard InChI is InChI=1S/C22H20ClNO5/c1-4-19(25)28-20-16(23)10-14(12-18(20)27-5-2)11-17-22(26)29-21(24-17)15-8-6-13(3)7-9-15/h6-12H,4-5H2,1-3H3/b17-11-. The van der Waals surface area contributed by atoms with Crippen molar-refractivity contribution in [2.45, 2.75) is 27.2 Å². The van der Waals surface area contributed by atoms with Crippen LogP contribution >= 0.6 is 11.6 Å². The topological polar surface area (TPSA) is 74.2 Å². The molecule has 0 aromatic heterocycles. The van der Waals surface area contributed by atoms with Crippen LogP contribution in [0.1, 0.15) is 37.0 Å². The number of aliphatic imine (C=N–C) groups is 1. The lowest BCUT2D eigenvalue weighted by atomic mass is 10.1. The van der Waals surface area contributed by atoms with Gasteiger partial charge in [-0.15, -0.1) is 0 Å². The van der Waals surface area contributed by atoms with Crippen LogP contribution in [0.2, 0.25) is 5.02 Å². The molecule has 150 valence electrons. The van der Waals surface area contributed by atoms with Crippen molar-refractivity contribution in [3.8, 4) is 11.5 Å². The zero-order valence-corrected chi connectivity index (χ0v) is 17.1. The molecule has 1 aliphatic rings. The molecule has 0 saturated carbocycles. The lowest BCUT2D eigenvalue weighted by Crippen LogP contribution is -2.08. The summed E-state index contributed by atoms with van der Waals surface area (Å²) in [4.78, 5) is 28.2. The van der Waals surface area contributed by atoms with E-state index in [0.717, 1.165) is 5.56 Å². The lowest BCUT2D eigenvalue weighted by molar-refractivity contribution is -0.134. The maximum absolute atomic E-state index is 12.2. The van der Waals surface area contributed by atoms with Gasteiger partial charge in [0, 0.05) is 12.0 Å². The molecule has 0 aliphatic carbocycles. The largest absolute Gasteiger partial charge is 0.490 e. The molecule has 0 saturated heterocycles. The SMILES string of the molecule is CCOc1cc(/C=C2\N=C(c3ccc(C)cc3)OC2=O)cc(Cl)c1OC(=O)CC. The van der Waals surface area contributed by atoms with E-state index in [1.165, 1.54) is 0 Å². The first-order valence-corrected chi connectivity index (χ1v) is 9.55. The number of cyclic esters (lactones) is 1. The molecule has 0 unspecified atom stereocenters. The average Bonchev–Trinajstić information content (AvgIpc) is 3.05. The van der Waals surface area contributed by atoms with Gasteiger partial charge in [-0.2, -0.15) is 0 Å². The van der Waals surface area contributed by atoms with Crippen LogP contribution in [-0.2, 0) is 14.3 Å². The zero-order valence-electron chi connectivity index (χ0n) is 16.3. The Morgan fingerprint density at radius 3 is 2.59 bits per heavy atom. The molecule has 0 N–H and O–H groups in total. The van der Waals surface area contributed by atoms with Crippen LogP contribution in [0.5, 0.6) is 11.5 Å². The van der Waals surface area contributed by atoms with Crippen molar-refractivity contribution in [1.82, 2.24) is 0 Å². The molecule has 2 aromatic rings. The quantitative estimate of drug-likeness (QED) is 0.389. The summed E-state index contributed by atoms with van der Waals surface area (Å²) in [6, 6.07) is 10.7. The van der Waals surface area contributed by atoms with Crippen molar-refractivity contribution in [3.63, 3.8) is 0 Å². The summed E-state index contributed by atoms with van der Waals surface area (Å²) in [5, 5.41) is 0.193. The Labute approximate surface area is 173 Å². The van der Waals surface area contributed by atoms with E-state index < -0.39 is 11.9 Å². The van der Waals surface area contributed by atoms with Crippen LogP contribution in [-0.4, -0.2) is 24.4 Å². The van der Waals surface area contributed by atoms with Crippen LogP contribution in [0.15, 0.2) is 47.1 Å². The number of carbonyl (C=O) groups excluding carboxylic acids is 2. The minimum Gasteiger partial charge on any atom is -0.490 e. The Morgan fingerprint density at radius 2 is 1.93 bits per heavy atom. The Balaban J connectivity index is 1.95. The maximum Gasteiger partial charge on any atom is 0.363 e. The fourth-order valence-electron chi connectivity index (χ4n) is 2.61. The highest BCUT2D eigenvalue weighted by molar-refractivity contribution is 6.32. The third kappa shape index (κ3) is 4.84. The number of benzene rings is 2. The van der Waals surface area contributed by atoms with Crippen LogP contribution in [0.4, 0.5) is 0 Å². The minimum atomic E-state index is -0.559. The number of carbonyl (C=O) groups is 2. The van der Waals surface area contributed by atoms with E-state index in [1.807, 2.05) is 31.2 Å². The van der Waals surface area contributed by atoms with Gasteiger partial charge >= 0.3 is 11.9 Å². The number of esters is 2. The molecule has 1 heterocycles. The van der Waals surface area contributed by atoms with Gasteiger partial charge < -0.3 is 14.2 Å². The predicted octanol–water partition coefficient (Wildman–Crippen LogP) is 4.71. The van der Waals surface area contributed by atoms with E-state index >= 15 is 0 Å². The van der Waals surface area contributed by atoms with Crippen LogP contribution in [0, 0.1) is 6.92 Å². The molecule has 0 amide bonds. The van der Waals surface area contributed by atoms with E-state index in [2.05, 4.69) is 4.99 Å².